The van der Waals surface area contributed by atoms with Gasteiger partial charge in [0.05, 0.1) is 25.3 Å². The SMILES string of the molecule is CCc1ccc(CN2C(=O)COCC2c2cnccc2-c2ccccc2)cc1.CCc1ccc(CN2C(=O)COCC2c2cnccc2-c2ccsc2)cc1. The molecule has 2 saturated heterocycles. The van der Waals surface area contributed by atoms with Gasteiger partial charge in [0.1, 0.15) is 13.2 Å². The first-order valence-corrected chi connectivity index (χ1v) is 19.8. The van der Waals surface area contributed by atoms with E-state index in [9.17, 15) is 9.59 Å². The number of rotatable bonds is 10. The van der Waals surface area contributed by atoms with E-state index in [1.165, 1.54) is 11.1 Å². The monoisotopic (exact) mass is 750 g/mol. The molecule has 9 heteroatoms. The summed E-state index contributed by atoms with van der Waals surface area (Å²) in [7, 11) is 0. The van der Waals surface area contributed by atoms with Crippen LogP contribution in [0.2, 0.25) is 0 Å². The van der Waals surface area contributed by atoms with Crippen LogP contribution in [0.3, 0.4) is 0 Å². The van der Waals surface area contributed by atoms with Crippen molar-refractivity contribution in [2.75, 3.05) is 26.4 Å². The fourth-order valence-corrected chi connectivity index (χ4v) is 7.84. The molecule has 2 aliphatic rings. The molecule has 8 nitrogen and oxygen atoms in total. The Kier molecular flexibility index (Phi) is 12.5. The molecule has 2 unspecified atom stereocenters. The lowest BCUT2D eigenvalue weighted by atomic mass is 9.95. The molecule has 0 saturated carbocycles. The minimum atomic E-state index is -0.156. The van der Waals surface area contributed by atoms with E-state index in [-0.39, 0.29) is 37.1 Å². The highest BCUT2D eigenvalue weighted by molar-refractivity contribution is 7.08. The lowest BCUT2D eigenvalue weighted by molar-refractivity contribution is -0.150. The number of pyridine rings is 2. The first-order valence-electron chi connectivity index (χ1n) is 18.9. The summed E-state index contributed by atoms with van der Waals surface area (Å²) in [6.07, 6.45) is 9.35. The Hall–Kier alpha value is -5.48. The van der Waals surface area contributed by atoms with Crippen molar-refractivity contribution in [2.45, 2.75) is 51.9 Å². The van der Waals surface area contributed by atoms with Gasteiger partial charge in [-0.25, -0.2) is 0 Å². The Morgan fingerprint density at radius 2 is 1.07 bits per heavy atom. The van der Waals surface area contributed by atoms with Gasteiger partial charge in [-0.3, -0.25) is 19.6 Å². The van der Waals surface area contributed by atoms with Crippen LogP contribution in [0.25, 0.3) is 22.3 Å². The normalized spacial score (nSPS) is 17.1. The second-order valence-electron chi connectivity index (χ2n) is 13.7. The van der Waals surface area contributed by atoms with Crippen molar-refractivity contribution >= 4 is 23.2 Å². The number of carbonyl (C=O) groups is 2. The molecule has 0 radical (unpaired) electrons. The summed E-state index contributed by atoms with van der Waals surface area (Å²) in [5.74, 6) is 0.0321. The number of thiophene rings is 1. The Morgan fingerprint density at radius 1 is 0.600 bits per heavy atom. The van der Waals surface area contributed by atoms with Gasteiger partial charge in [-0.15, -0.1) is 0 Å². The molecular weight excluding hydrogens is 705 g/mol. The van der Waals surface area contributed by atoms with Gasteiger partial charge in [-0.05, 0) is 86.3 Å². The van der Waals surface area contributed by atoms with Crippen LogP contribution in [-0.4, -0.2) is 58.0 Å². The zero-order valence-electron chi connectivity index (χ0n) is 31.3. The minimum absolute atomic E-state index is 0.0127. The lowest BCUT2D eigenvalue weighted by Crippen LogP contribution is -2.43. The molecular formula is C46H46N4O4S. The Balaban J connectivity index is 0.000000169. The highest BCUT2D eigenvalue weighted by Crippen LogP contribution is 2.36. The average Bonchev–Trinajstić information content (AvgIpc) is 3.79. The van der Waals surface area contributed by atoms with E-state index in [0.29, 0.717) is 26.3 Å². The summed E-state index contributed by atoms with van der Waals surface area (Å²) in [6.45, 7) is 6.66. The van der Waals surface area contributed by atoms with Crippen LogP contribution in [0.5, 0.6) is 0 Å². The van der Waals surface area contributed by atoms with Crippen molar-refractivity contribution < 1.29 is 19.1 Å². The van der Waals surface area contributed by atoms with Crippen LogP contribution in [0.4, 0.5) is 0 Å². The van der Waals surface area contributed by atoms with Crippen molar-refractivity contribution in [3.63, 3.8) is 0 Å². The quantitative estimate of drug-likeness (QED) is 0.139. The zero-order chi connectivity index (χ0) is 38.0. The second-order valence-corrected chi connectivity index (χ2v) is 14.5. The predicted octanol–water partition coefficient (Wildman–Crippen LogP) is 8.88. The van der Waals surface area contributed by atoms with Crippen LogP contribution in [0.15, 0.2) is 133 Å². The number of hydrogen-bond acceptors (Lipinski definition) is 7. The molecule has 0 N–H and O–H groups in total. The smallest absolute Gasteiger partial charge is 0.249 e. The maximum absolute atomic E-state index is 12.7. The summed E-state index contributed by atoms with van der Waals surface area (Å²) < 4.78 is 11.2. The van der Waals surface area contributed by atoms with E-state index in [1.54, 1.807) is 23.7 Å². The van der Waals surface area contributed by atoms with E-state index in [4.69, 9.17) is 9.47 Å². The summed E-state index contributed by atoms with van der Waals surface area (Å²) in [5, 5.41) is 4.19. The molecule has 280 valence electrons. The molecule has 0 aliphatic carbocycles. The van der Waals surface area contributed by atoms with Crippen molar-refractivity contribution in [3.8, 4) is 22.3 Å². The number of ether oxygens (including phenoxy) is 2. The van der Waals surface area contributed by atoms with E-state index < -0.39 is 0 Å². The van der Waals surface area contributed by atoms with Gasteiger partial charge in [0, 0.05) is 49.0 Å². The third-order valence-electron chi connectivity index (χ3n) is 10.3. The molecule has 2 aliphatic heterocycles. The first-order chi connectivity index (χ1) is 27.0. The molecule has 2 fully saturated rings. The summed E-state index contributed by atoms with van der Waals surface area (Å²) >= 11 is 1.66. The van der Waals surface area contributed by atoms with Gasteiger partial charge in [-0.1, -0.05) is 92.7 Å². The maximum atomic E-state index is 12.7. The number of morpholine rings is 2. The molecule has 2 atom stereocenters. The van der Waals surface area contributed by atoms with Crippen LogP contribution < -0.4 is 0 Å². The summed E-state index contributed by atoms with van der Waals surface area (Å²) in [5.41, 5.74) is 11.4. The van der Waals surface area contributed by atoms with Gasteiger partial charge >= 0.3 is 0 Å². The van der Waals surface area contributed by atoms with Gasteiger partial charge in [0.25, 0.3) is 0 Å². The molecule has 0 bridgehead atoms. The third kappa shape index (κ3) is 9.08. The third-order valence-corrected chi connectivity index (χ3v) is 11.0. The molecule has 8 rings (SSSR count). The summed E-state index contributed by atoms with van der Waals surface area (Å²) in [6, 6.07) is 33.0. The molecule has 55 heavy (non-hydrogen) atoms. The highest BCUT2D eigenvalue weighted by atomic mass is 32.1. The van der Waals surface area contributed by atoms with Crippen LogP contribution >= 0.6 is 11.3 Å². The van der Waals surface area contributed by atoms with E-state index >= 15 is 0 Å². The molecule has 2 amide bonds. The van der Waals surface area contributed by atoms with Gasteiger partial charge in [0.2, 0.25) is 11.8 Å². The number of nitrogens with zero attached hydrogens (tertiary/aromatic N) is 4. The fourth-order valence-electron chi connectivity index (χ4n) is 7.18. The first kappa shape index (κ1) is 37.8. The molecule has 5 heterocycles. The highest BCUT2D eigenvalue weighted by Gasteiger charge is 2.33. The number of benzene rings is 3. The zero-order valence-corrected chi connectivity index (χ0v) is 32.2. The second kappa shape index (κ2) is 18.2. The maximum Gasteiger partial charge on any atom is 0.249 e. The van der Waals surface area contributed by atoms with E-state index in [1.807, 2.05) is 52.5 Å². The van der Waals surface area contributed by atoms with Crippen molar-refractivity contribution in [3.05, 3.63) is 166 Å². The minimum Gasteiger partial charge on any atom is -0.369 e. The van der Waals surface area contributed by atoms with Gasteiger partial charge in [0.15, 0.2) is 0 Å². The summed E-state index contributed by atoms with van der Waals surface area (Å²) in [4.78, 5) is 37.9. The molecule has 3 aromatic carbocycles. The van der Waals surface area contributed by atoms with Crippen molar-refractivity contribution in [2.24, 2.45) is 0 Å². The molecule has 3 aromatic heterocycles. The standard InChI is InChI=1S/C24H24N2O2.C22H22N2O2S/c1-2-18-8-10-19(11-9-18)15-26-23(16-28-17-24(26)27)22-14-25-13-12-21(22)20-6-4-3-5-7-20;1-2-16-3-5-17(6-4-16)12-24-21(13-26-14-22(24)25)20-11-23-9-7-19(20)18-8-10-27-15-18/h3-14,23H,2,15-17H2,1H3;3-11,15,21H,2,12-14H2,1H3. The number of aromatic nitrogens is 2. The Morgan fingerprint density at radius 3 is 1.53 bits per heavy atom. The Bertz CT molecular complexity index is 2160. The van der Waals surface area contributed by atoms with Crippen LogP contribution in [-0.2, 0) is 45.0 Å². The van der Waals surface area contributed by atoms with E-state index in [0.717, 1.165) is 57.3 Å². The Labute approximate surface area is 327 Å². The molecule has 0 spiro atoms. The number of hydrogen-bond donors (Lipinski definition) is 0. The largest absolute Gasteiger partial charge is 0.369 e. The average molecular weight is 751 g/mol. The predicted molar refractivity (Wildman–Crippen MR) is 217 cm³/mol. The van der Waals surface area contributed by atoms with Crippen LogP contribution in [0.1, 0.15) is 59.3 Å². The van der Waals surface area contributed by atoms with Crippen molar-refractivity contribution in [1.29, 1.82) is 0 Å². The van der Waals surface area contributed by atoms with Crippen molar-refractivity contribution in [1.82, 2.24) is 19.8 Å². The molecule has 6 aromatic rings. The fraction of sp³-hybridized carbons (Fsp3) is 0.261. The number of amides is 2. The van der Waals surface area contributed by atoms with Crippen LogP contribution in [0, 0.1) is 0 Å². The number of carbonyl (C=O) groups excluding carboxylic acids is 2. The number of aryl methyl sites for hydroxylation is 2. The topological polar surface area (TPSA) is 84.9 Å². The van der Waals surface area contributed by atoms with Gasteiger partial charge < -0.3 is 19.3 Å². The lowest BCUT2D eigenvalue weighted by Gasteiger charge is -2.36. The van der Waals surface area contributed by atoms with E-state index in [2.05, 4.69) is 101 Å². The van der Waals surface area contributed by atoms with Gasteiger partial charge in [-0.2, -0.15) is 11.3 Å².